The summed E-state index contributed by atoms with van der Waals surface area (Å²) < 4.78 is 30.3. The summed E-state index contributed by atoms with van der Waals surface area (Å²) in [6.45, 7) is 6.11. The van der Waals surface area contributed by atoms with Crippen LogP contribution in [0.4, 0.5) is 22.0 Å². The molecule has 9 heteroatoms. The number of hydrogen-bond donors (Lipinski definition) is 1. The standard InChI is InChI=1S/C20H22FN5O3/c1-20(2)12-26(8-9-28-20)19-22-7-6-17(24-19)23-18-11-16(25-29-18)14-5-4-13(27-3)10-15(14)21/h4-7,10-11H,8-9,12H2,1-3H3,(H,22,23,24). The number of halogens is 1. The molecule has 1 aromatic carbocycles. The van der Waals surface area contributed by atoms with Gasteiger partial charge in [-0.1, -0.05) is 5.16 Å². The summed E-state index contributed by atoms with van der Waals surface area (Å²) in [5, 5.41) is 6.99. The number of nitrogens with zero attached hydrogens (tertiary/aromatic N) is 4. The van der Waals surface area contributed by atoms with Gasteiger partial charge in [-0.2, -0.15) is 4.98 Å². The molecule has 8 nitrogen and oxygen atoms in total. The summed E-state index contributed by atoms with van der Waals surface area (Å²) in [5.41, 5.74) is 0.436. The van der Waals surface area contributed by atoms with Gasteiger partial charge in [0, 0.05) is 37.0 Å². The molecule has 0 bridgehead atoms. The van der Waals surface area contributed by atoms with E-state index in [1.807, 2.05) is 13.8 Å². The third kappa shape index (κ3) is 4.29. The van der Waals surface area contributed by atoms with E-state index in [9.17, 15) is 4.39 Å². The van der Waals surface area contributed by atoms with E-state index in [1.54, 1.807) is 30.5 Å². The number of anilines is 3. The lowest BCUT2D eigenvalue weighted by molar-refractivity contribution is -0.0281. The lowest BCUT2D eigenvalue weighted by Gasteiger charge is -2.38. The van der Waals surface area contributed by atoms with Crippen LogP contribution in [0.2, 0.25) is 0 Å². The molecule has 1 aliphatic rings. The highest BCUT2D eigenvalue weighted by molar-refractivity contribution is 5.65. The number of ether oxygens (including phenoxy) is 2. The molecular weight excluding hydrogens is 377 g/mol. The number of aromatic nitrogens is 3. The Balaban J connectivity index is 1.51. The molecule has 2 aromatic heterocycles. The van der Waals surface area contributed by atoms with Crippen LogP contribution in [0.1, 0.15) is 13.8 Å². The second-order valence-electron chi connectivity index (χ2n) is 7.32. The van der Waals surface area contributed by atoms with E-state index >= 15 is 0 Å². The van der Waals surface area contributed by atoms with E-state index in [0.717, 1.165) is 6.54 Å². The van der Waals surface area contributed by atoms with Gasteiger partial charge in [0.15, 0.2) is 0 Å². The van der Waals surface area contributed by atoms with Crippen molar-refractivity contribution in [2.45, 2.75) is 19.4 Å². The second kappa shape index (κ2) is 7.67. The van der Waals surface area contributed by atoms with Crippen molar-refractivity contribution in [2.75, 3.05) is 37.0 Å². The van der Waals surface area contributed by atoms with Crippen molar-refractivity contribution >= 4 is 17.7 Å². The summed E-state index contributed by atoms with van der Waals surface area (Å²) in [5.74, 6) is 1.50. The Labute approximate surface area is 167 Å². The van der Waals surface area contributed by atoms with E-state index in [1.165, 1.54) is 13.2 Å². The fourth-order valence-electron chi connectivity index (χ4n) is 3.18. The SMILES string of the molecule is COc1ccc(-c2cc(Nc3ccnc(N4CCOC(C)(C)C4)n3)on2)c(F)c1. The van der Waals surface area contributed by atoms with E-state index in [0.29, 0.717) is 47.8 Å². The van der Waals surface area contributed by atoms with Crippen LogP contribution in [0.3, 0.4) is 0 Å². The number of rotatable bonds is 5. The first-order valence-corrected chi connectivity index (χ1v) is 9.23. The van der Waals surface area contributed by atoms with Crippen molar-refractivity contribution in [3.05, 3.63) is 42.3 Å². The van der Waals surface area contributed by atoms with Crippen LogP contribution in [0.15, 0.2) is 41.1 Å². The summed E-state index contributed by atoms with van der Waals surface area (Å²) >= 11 is 0. The smallest absolute Gasteiger partial charge is 0.230 e. The van der Waals surface area contributed by atoms with Crippen LogP contribution in [-0.2, 0) is 4.74 Å². The normalized spacial score (nSPS) is 15.9. The molecule has 0 spiro atoms. The molecule has 0 amide bonds. The maximum atomic E-state index is 14.3. The molecule has 0 radical (unpaired) electrons. The molecule has 29 heavy (non-hydrogen) atoms. The second-order valence-corrected chi connectivity index (χ2v) is 7.32. The molecule has 3 heterocycles. The van der Waals surface area contributed by atoms with Crippen LogP contribution in [0, 0.1) is 5.82 Å². The topological polar surface area (TPSA) is 85.5 Å². The highest BCUT2D eigenvalue weighted by Gasteiger charge is 2.28. The first-order chi connectivity index (χ1) is 13.9. The average Bonchev–Trinajstić information content (AvgIpc) is 3.15. The Morgan fingerprint density at radius 3 is 2.86 bits per heavy atom. The molecule has 0 atom stereocenters. The fourth-order valence-corrected chi connectivity index (χ4v) is 3.18. The third-order valence-electron chi connectivity index (χ3n) is 4.56. The van der Waals surface area contributed by atoms with Gasteiger partial charge in [0.25, 0.3) is 0 Å². The number of morpholine rings is 1. The van der Waals surface area contributed by atoms with Crippen molar-refractivity contribution in [3.8, 4) is 17.0 Å². The molecule has 1 aliphatic heterocycles. The zero-order valence-corrected chi connectivity index (χ0v) is 16.5. The number of hydrogen-bond acceptors (Lipinski definition) is 8. The van der Waals surface area contributed by atoms with Gasteiger partial charge in [0.05, 0.1) is 19.3 Å². The minimum absolute atomic E-state index is 0.257. The predicted octanol–water partition coefficient (Wildman–Crippen LogP) is 3.64. The van der Waals surface area contributed by atoms with E-state index in [2.05, 4.69) is 25.3 Å². The lowest BCUT2D eigenvalue weighted by Crippen LogP contribution is -2.49. The molecule has 0 aliphatic carbocycles. The molecule has 0 saturated carbocycles. The van der Waals surface area contributed by atoms with Gasteiger partial charge in [-0.15, -0.1) is 0 Å². The first kappa shape index (κ1) is 19.1. The molecular formula is C20H22FN5O3. The van der Waals surface area contributed by atoms with Gasteiger partial charge >= 0.3 is 0 Å². The first-order valence-electron chi connectivity index (χ1n) is 9.23. The summed E-state index contributed by atoms with van der Waals surface area (Å²) in [6, 6.07) is 7.91. The van der Waals surface area contributed by atoms with Crippen LogP contribution in [0.5, 0.6) is 5.75 Å². The highest BCUT2D eigenvalue weighted by atomic mass is 19.1. The Morgan fingerprint density at radius 2 is 2.10 bits per heavy atom. The molecule has 1 N–H and O–H groups in total. The van der Waals surface area contributed by atoms with E-state index in [-0.39, 0.29) is 5.60 Å². The minimum Gasteiger partial charge on any atom is -0.497 e. The van der Waals surface area contributed by atoms with Gasteiger partial charge < -0.3 is 24.2 Å². The molecule has 4 rings (SSSR count). The van der Waals surface area contributed by atoms with Crippen molar-refractivity contribution in [2.24, 2.45) is 0 Å². The van der Waals surface area contributed by atoms with E-state index in [4.69, 9.17) is 14.0 Å². The highest BCUT2D eigenvalue weighted by Crippen LogP contribution is 2.28. The van der Waals surface area contributed by atoms with Crippen LogP contribution >= 0.6 is 0 Å². The number of benzene rings is 1. The van der Waals surface area contributed by atoms with E-state index < -0.39 is 5.82 Å². The minimum atomic E-state index is -0.441. The third-order valence-corrected chi connectivity index (χ3v) is 4.56. The summed E-state index contributed by atoms with van der Waals surface area (Å²) in [6.07, 6.45) is 1.67. The molecule has 152 valence electrons. The average molecular weight is 399 g/mol. The quantitative estimate of drug-likeness (QED) is 0.696. The zero-order valence-electron chi connectivity index (χ0n) is 16.5. The van der Waals surface area contributed by atoms with Crippen molar-refractivity contribution in [1.29, 1.82) is 0 Å². The largest absolute Gasteiger partial charge is 0.497 e. The number of methoxy groups -OCH3 is 1. The van der Waals surface area contributed by atoms with Crippen molar-refractivity contribution in [1.82, 2.24) is 15.1 Å². The Bertz CT molecular complexity index is 1010. The summed E-state index contributed by atoms with van der Waals surface area (Å²) in [4.78, 5) is 11.0. The maximum Gasteiger partial charge on any atom is 0.230 e. The molecule has 1 saturated heterocycles. The van der Waals surface area contributed by atoms with Gasteiger partial charge in [-0.25, -0.2) is 9.37 Å². The predicted molar refractivity (Wildman–Crippen MR) is 106 cm³/mol. The zero-order chi connectivity index (χ0) is 20.4. The maximum absolute atomic E-state index is 14.3. The molecule has 3 aromatic rings. The Kier molecular flexibility index (Phi) is 5.06. The van der Waals surface area contributed by atoms with Crippen molar-refractivity contribution < 1.29 is 18.4 Å². The number of nitrogens with one attached hydrogen (secondary N) is 1. The summed E-state index contributed by atoms with van der Waals surface area (Å²) in [7, 11) is 1.49. The van der Waals surface area contributed by atoms with Crippen LogP contribution < -0.4 is 15.0 Å². The van der Waals surface area contributed by atoms with Crippen LogP contribution in [-0.4, -0.2) is 47.5 Å². The monoisotopic (exact) mass is 399 g/mol. The lowest BCUT2D eigenvalue weighted by atomic mass is 10.1. The van der Waals surface area contributed by atoms with Gasteiger partial charge in [0.2, 0.25) is 11.8 Å². The fraction of sp³-hybridized carbons (Fsp3) is 0.350. The Hall–Kier alpha value is -3.20. The van der Waals surface area contributed by atoms with Crippen LogP contribution in [0.25, 0.3) is 11.3 Å². The van der Waals surface area contributed by atoms with Crippen molar-refractivity contribution in [3.63, 3.8) is 0 Å². The Morgan fingerprint density at radius 1 is 1.24 bits per heavy atom. The van der Waals surface area contributed by atoms with Gasteiger partial charge in [-0.05, 0) is 32.0 Å². The van der Waals surface area contributed by atoms with Gasteiger partial charge in [0.1, 0.15) is 23.1 Å². The van der Waals surface area contributed by atoms with Gasteiger partial charge in [-0.3, -0.25) is 0 Å². The molecule has 0 unspecified atom stereocenters. The molecule has 1 fully saturated rings.